The molecule has 0 fully saturated rings. The maximum Gasteiger partial charge on any atom is 0.328 e. The summed E-state index contributed by atoms with van der Waals surface area (Å²) in [4.78, 5) is 49.4. The van der Waals surface area contributed by atoms with E-state index in [-0.39, 0.29) is 6.54 Å². The van der Waals surface area contributed by atoms with E-state index < -0.39 is 35.8 Å². The SMILES string of the molecule is C#Cc1ccc(C(=O)NC(CCCCNC(C)=S)C(=O)NCC(=O)NC(C)C(=O)OC)cc1. The number of unbranched alkanes of at least 4 members (excludes halogenated alkanes) is 1. The second-order valence-electron chi connectivity index (χ2n) is 7.26. The molecule has 0 heterocycles. The molecule has 0 aliphatic rings. The first kappa shape index (κ1) is 27.6. The number of benzene rings is 1. The van der Waals surface area contributed by atoms with E-state index in [1.807, 2.05) is 0 Å². The summed E-state index contributed by atoms with van der Waals surface area (Å²) in [5.41, 5.74) is 0.990. The van der Waals surface area contributed by atoms with Gasteiger partial charge >= 0.3 is 5.97 Å². The summed E-state index contributed by atoms with van der Waals surface area (Å²) in [5.74, 6) is 0.368. The third kappa shape index (κ3) is 10.6. The normalized spacial score (nSPS) is 11.8. The van der Waals surface area contributed by atoms with Crippen molar-refractivity contribution < 1.29 is 23.9 Å². The number of carbonyl (C=O) groups excluding carboxylic acids is 4. The van der Waals surface area contributed by atoms with Gasteiger partial charge < -0.3 is 26.0 Å². The fourth-order valence-corrected chi connectivity index (χ4v) is 2.89. The molecule has 2 atom stereocenters. The van der Waals surface area contributed by atoms with Crippen LogP contribution in [0.1, 0.15) is 49.0 Å². The number of rotatable bonds is 12. The van der Waals surface area contributed by atoms with Crippen molar-refractivity contribution in [2.75, 3.05) is 20.2 Å². The number of amides is 3. The molecule has 0 saturated heterocycles. The highest BCUT2D eigenvalue weighted by molar-refractivity contribution is 7.80. The fourth-order valence-electron chi connectivity index (χ4n) is 2.78. The highest BCUT2D eigenvalue weighted by atomic mass is 32.1. The van der Waals surface area contributed by atoms with Gasteiger partial charge in [0.05, 0.1) is 18.6 Å². The van der Waals surface area contributed by atoms with Crippen molar-refractivity contribution in [1.82, 2.24) is 21.3 Å². The topological polar surface area (TPSA) is 126 Å². The summed E-state index contributed by atoms with van der Waals surface area (Å²) in [6.07, 6.45) is 7.06. The van der Waals surface area contributed by atoms with Gasteiger partial charge in [-0.15, -0.1) is 6.42 Å². The molecule has 0 aliphatic carbocycles. The average Bonchev–Trinajstić information content (AvgIpc) is 2.80. The monoisotopic (exact) mass is 474 g/mol. The summed E-state index contributed by atoms with van der Waals surface area (Å²) >= 11 is 4.97. The predicted molar refractivity (Wildman–Crippen MR) is 128 cm³/mol. The molecule has 2 unspecified atom stereocenters. The number of carbonyl (C=O) groups is 4. The standard InChI is InChI=1S/C23H30N4O5S/c1-5-17-9-11-18(12-10-17)21(29)27-19(8-6-7-13-24-16(3)33)22(30)25-14-20(28)26-15(2)23(31)32-4/h1,9-12,15,19H,6-8,13-14H2,2-4H3,(H,24,33)(H,25,30)(H,26,28)(H,27,29). The molecule has 1 aromatic carbocycles. The number of esters is 1. The van der Waals surface area contributed by atoms with Crippen molar-refractivity contribution in [3.8, 4) is 12.3 Å². The molecule has 0 radical (unpaired) electrons. The van der Waals surface area contributed by atoms with Crippen molar-refractivity contribution in [2.24, 2.45) is 0 Å². The number of nitrogens with one attached hydrogen (secondary N) is 4. The molecule has 1 rings (SSSR count). The van der Waals surface area contributed by atoms with Crippen LogP contribution in [0.3, 0.4) is 0 Å². The zero-order valence-corrected chi connectivity index (χ0v) is 19.8. The summed E-state index contributed by atoms with van der Waals surface area (Å²) < 4.78 is 4.54. The van der Waals surface area contributed by atoms with Gasteiger partial charge in [0.25, 0.3) is 5.91 Å². The van der Waals surface area contributed by atoms with Gasteiger partial charge in [-0.3, -0.25) is 14.4 Å². The molecule has 33 heavy (non-hydrogen) atoms. The Morgan fingerprint density at radius 2 is 1.76 bits per heavy atom. The van der Waals surface area contributed by atoms with Crippen LogP contribution >= 0.6 is 12.2 Å². The molecule has 4 N–H and O–H groups in total. The van der Waals surface area contributed by atoms with Crippen LogP contribution in [0.5, 0.6) is 0 Å². The smallest absolute Gasteiger partial charge is 0.328 e. The van der Waals surface area contributed by atoms with Gasteiger partial charge in [0.1, 0.15) is 12.1 Å². The third-order valence-corrected chi connectivity index (χ3v) is 4.73. The van der Waals surface area contributed by atoms with Gasteiger partial charge in [-0.05, 0) is 57.4 Å². The minimum atomic E-state index is -0.857. The van der Waals surface area contributed by atoms with Crippen molar-refractivity contribution in [3.63, 3.8) is 0 Å². The van der Waals surface area contributed by atoms with Gasteiger partial charge in [-0.25, -0.2) is 4.79 Å². The lowest BCUT2D eigenvalue weighted by molar-refractivity contribution is -0.144. The minimum Gasteiger partial charge on any atom is -0.467 e. The van der Waals surface area contributed by atoms with Crippen LogP contribution in [0.25, 0.3) is 0 Å². The minimum absolute atomic E-state index is 0.352. The Hall–Kier alpha value is -3.45. The van der Waals surface area contributed by atoms with Crippen molar-refractivity contribution in [3.05, 3.63) is 35.4 Å². The Bertz CT molecular complexity index is 895. The first-order valence-electron chi connectivity index (χ1n) is 10.4. The average molecular weight is 475 g/mol. The summed E-state index contributed by atoms with van der Waals surface area (Å²) in [6, 6.07) is 4.72. The molecule has 10 heteroatoms. The molecular formula is C23H30N4O5S. The number of hydrogen-bond acceptors (Lipinski definition) is 6. The van der Waals surface area contributed by atoms with Gasteiger partial charge in [0.15, 0.2) is 0 Å². The van der Waals surface area contributed by atoms with Crippen LogP contribution in [0.4, 0.5) is 0 Å². The van der Waals surface area contributed by atoms with Crippen LogP contribution in [-0.2, 0) is 19.1 Å². The fraction of sp³-hybridized carbons (Fsp3) is 0.435. The Morgan fingerprint density at radius 1 is 1.09 bits per heavy atom. The molecule has 3 amide bonds. The Kier molecular flexibility index (Phi) is 12.2. The van der Waals surface area contributed by atoms with E-state index in [1.165, 1.54) is 14.0 Å². The molecule has 0 saturated carbocycles. The van der Waals surface area contributed by atoms with Gasteiger partial charge in [-0.2, -0.15) is 0 Å². The molecule has 0 spiro atoms. The summed E-state index contributed by atoms with van der Waals surface area (Å²) in [6.45, 7) is 3.55. The van der Waals surface area contributed by atoms with Crippen LogP contribution in [-0.4, -0.2) is 61.0 Å². The lowest BCUT2D eigenvalue weighted by atomic mass is 10.1. The lowest BCUT2D eigenvalue weighted by Gasteiger charge is -2.19. The van der Waals surface area contributed by atoms with E-state index in [4.69, 9.17) is 18.6 Å². The van der Waals surface area contributed by atoms with Crippen molar-refractivity contribution in [1.29, 1.82) is 0 Å². The molecular weight excluding hydrogens is 444 g/mol. The van der Waals surface area contributed by atoms with Crippen LogP contribution < -0.4 is 21.3 Å². The van der Waals surface area contributed by atoms with Crippen molar-refractivity contribution >= 4 is 40.9 Å². The first-order valence-corrected chi connectivity index (χ1v) is 10.9. The zero-order chi connectivity index (χ0) is 24.8. The summed E-state index contributed by atoms with van der Waals surface area (Å²) in [7, 11) is 1.21. The quantitative estimate of drug-likeness (QED) is 0.152. The number of terminal acetylenes is 1. The largest absolute Gasteiger partial charge is 0.467 e. The second-order valence-corrected chi connectivity index (χ2v) is 7.87. The van der Waals surface area contributed by atoms with E-state index in [2.05, 4.69) is 31.9 Å². The third-order valence-electron chi connectivity index (χ3n) is 4.58. The lowest BCUT2D eigenvalue weighted by Crippen LogP contribution is -2.50. The second kappa shape index (κ2) is 14.6. The molecule has 0 aliphatic heterocycles. The molecule has 1 aromatic rings. The maximum absolute atomic E-state index is 12.7. The number of ether oxygens (including phenoxy) is 1. The zero-order valence-electron chi connectivity index (χ0n) is 19.0. The first-order chi connectivity index (χ1) is 15.7. The molecule has 0 bridgehead atoms. The number of methoxy groups -OCH3 is 1. The van der Waals surface area contributed by atoms with E-state index >= 15 is 0 Å². The maximum atomic E-state index is 12.7. The van der Waals surface area contributed by atoms with Gasteiger partial charge in [0, 0.05) is 17.7 Å². The van der Waals surface area contributed by atoms with Crippen LogP contribution in [0, 0.1) is 12.3 Å². The Balaban J connectivity index is 2.72. The highest BCUT2D eigenvalue weighted by Crippen LogP contribution is 2.06. The van der Waals surface area contributed by atoms with Gasteiger partial charge in [0.2, 0.25) is 11.8 Å². The summed E-state index contributed by atoms with van der Waals surface area (Å²) in [5, 5.41) is 10.7. The van der Waals surface area contributed by atoms with Crippen LogP contribution in [0.2, 0.25) is 0 Å². The van der Waals surface area contributed by atoms with Crippen LogP contribution in [0.15, 0.2) is 24.3 Å². The molecule has 178 valence electrons. The van der Waals surface area contributed by atoms with E-state index in [0.717, 1.165) is 6.42 Å². The molecule has 9 nitrogen and oxygen atoms in total. The predicted octanol–water partition coefficient (Wildman–Crippen LogP) is 0.667. The molecule has 0 aromatic heterocycles. The number of hydrogen-bond donors (Lipinski definition) is 4. The number of thiocarbonyl (C=S) groups is 1. The van der Waals surface area contributed by atoms with E-state index in [9.17, 15) is 19.2 Å². The Morgan fingerprint density at radius 3 is 2.33 bits per heavy atom. The van der Waals surface area contributed by atoms with E-state index in [1.54, 1.807) is 31.2 Å². The Labute approximate surface area is 199 Å². The van der Waals surface area contributed by atoms with Gasteiger partial charge in [-0.1, -0.05) is 18.1 Å². The van der Waals surface area contributed by atoms with E-state index in [0.29, 0.717) is 35.5 Å². The highest BCUT2D eigenvalue weighted by Gasteiger charge is 2.22. The van der Waals surface area contributed by atoms with Crippen molar-refractivity contribution in [2.45, 2.75) is 45.2 Å².